The predicted molar refractivity (Wildman–Crippen MR) is 120 cm³/mol. The second-order valence-corrected chi connectivity index (χ2v) is 10.0. The zero-order valence-electron chi connectivity index (χ0n) is 18.1. The van der Waals surface area contributed by atoms with Gasteiger partial charge in [0.2, 0.25) is 0 Å². The van der Waals surface area contributed by atoms with Gasteiger partial charge in [0.15, 0.2) is 12.4 Å². The molecule has 2 aliphatic heterocycles. The largest absolute Gasteiger partial charge is 0.455 e. The fourth-order valence-corrected chi connectivity index (χ4v) is 5.67. The van der Waals surface area contributed by atoms with E-state index in [1.807, 2.05) is 4.90 Å². The summed E-state index contributed by atoms with van der Waals surface area (Å²) < 4.78 is 33.7. The Labute approximate surface area is 188 Å². The minimum Gasteiger partial charge on any atom is -0.455 e. The van der Waals surface area contributed by atoms with Gasteiger partial charge in [-0.1, -0.05) is 23.8 Å². The Balaban J connectivity index is 1.20. The molecule has 1 N–H and O–H groups in total. The Morgan fingerprint density at radius 3 is 2.69 bits per heavy atom. The van der Waals surface area contributed by atoms with Gasteiger partial charge < -0.3 is 15.0 Å². The standard InChI is InChI=1S/C23H29N3O5S/c27-21(24-13-10-17-6-2-1-3-7-17)16-31-23(28)18-11-14-26(15-12-18)22-19-8-4-5-9-20(19)32(29,30)25-22/h4-6,8-9,18H,1-3,7,10-16H2,(H,24,27). The van der Waals surface area contributed by atoms with E-state index in [-0.39, 0.29) is 29.3 Å². The number of hydrogen-bond donors (Lipinski definition) is 1. The highest BCUT2D eigenvalue weighted by Gasteiger charge is 2.34. The Kier molecular flexibility index (Phi) is 6.93. The van der Waals surface area contributed by atoms with Crippen LogP contribution < -0.4 is 5.32 Å². The molecular weight excluding hydrogens is 430 g/mol. The SMILES string of the molecule is O=C(COC(=O)C1CCN(C2=NS(=O)(=O)c3ccccc32)CC1)NCCC1=CCCCC1. The van der Waals surface area contributed by atoms with Gasteiger partial charge in [0, 0.05) is 25.2 Å². The molecule has 8 nitrogen and oxygen atoms in total. The van der Waals surface area contributed by atoms with Crippen molar-refractivity contribution in [2.75, 3.05) is 26.2 Å². The van der Waals surface area contributed by atoms with Gasteiger partial charge in [-0.25, -0.2) is 0 Å². The number of esters is 1. The molecule has 1 amide bonds. The van der Waals surface area contributed by atoms with Crippen LogP contribution in [-0.2, 0) is 24.3 Å². The third kappa shape index (κ3) is 5.20. The molecule has 0 unspecified atom stereocenters. The normalized spacial score (nSPS) is 20.2. The number of ether oxygens (including phenoxy) is 1. The number of sulfonamides is 1. The number of benzene rings is 1. The highest BCUT2D eigenvalue weighted by molar-refractivity contribution is 7.90. The molecule has 0 spiro atoms. The second-order valence-electron chi connectivity index (χ2n) is 8.46. The van der Waals surface area contributed by atoms with Crippen LogP contribution in [0.1, 0.15) is 50.5 Å². The monoisotopic (exact) mass is 459 g/mol. The molecule has 4 rings (SSSR count). The predicted octanol–water partition coefficient (Wildman–Crippen LogP) is 2.40. The van der Waals surface area contributed by atoms with Gasteiger partial charge in [0.05, 0.1) is 5.92 Å². The number of hydrogen-bond acceptors (Lipinski definition) is 6. The van der Waals surface area contributed by atoms with Crippen LogP contribution in [0, 0.1) is 5.92 Å². The molecule has 1 saturated heterocycles. The van der Waals surface area contributed by atoms with Crippen LogP contribution >= 0.6 is 0 Å². The number of rotatable bonds is 6. The first-order valence-electron chi connectivity index (χ1n) is 11.2. The molecule has 172 valence electrons. The molecule has 0 bridgehead atoms. The molecule has 9 heteroatoms. The molecule has 3 aliphatic rings. The maximum atomic E-state index is 12.4. The Bertz CT molecular complexity index is 1040. The van der Waals surface area contributed by atoms with Gasteiger partial charge in [-0.15, -0.1) is 4.40 Å². The van der Waals surface area contributed by atoms with Crippen LogP contribution in [-0.4, -0.2) is 57.3 Å². The zero-order chi connectivity index (χ0) is 22.6. The molecule has 0 saturated carbocycles. The van der Waals surface area contributed by atoms with Crippen molar-refractivity contribution >= 4 is 27.7 Å². The number of carbonyl (C=O) groups excluding carboxylic acids is 2. The van der Waals surface area contributed by atoms with Crippen molar-refractivity contribution in [3.05, 3.63) is 41.5 Å². The number of amides is 1. The maximum absolute atomic E-state index is 12.4. The van der Waals surface area contributed by atoms with E-state index in [1.54, 1.807) is 24.3 Å². The minimum atomic E-state index is -3.66. The van der Waals surface area contributed by atoms with E-state index < -0.39 is 10.0 Å². The minimum absolute atomic E-state index is 0.224. The van der Waals surface area contributed by atoms with Crippen LogP contribution in [0.5, 0.6) is 0 Å². The van der Waals surface area contributed by atoms with Crippen molar-refractivity contribution in [2.45, 2.75) is 49.8 Å². The molecule has 2 heterocycles. The number of nitrogens with one attached hydrogen (secondary N) is 1. The lowest BCUT2D eigenvalue weighted by Crippen LogP contribution is -2.41. The summed E-state index contributed by atoms with van der Waals surface area (Å²) >= 11 is 0. The summed E-state index contributed by atoms with van der Waals surface area (Å²) in [5, 5.41) is 2.81. The van der Waals surface area contributed by atoms with E-state index in [0.717, 1.165) is 19.3 Å². The highest BCUT2D eigenvalue weighted by atomic mass is 32.2. The lowest BCUT2D eigenvalue weighted by molar-refractivity contribution is -0.153. The first-order chi connectivity index (χ1) is 15.4. The van der Waals surface area contributed by atoms with Gasteiger partial charge in [0.25, 0.3) is 15.9 Å². The summed E-state index contributed by atoms with van der Waals surface area (Å²) in [7, 11) is -3.66. The molecule has 0 radical (unpaired) electrons. The van der Waals surface area contributed by atoms with Crippen LogP contribution in [0.15, 0.2) is 45.2 Å². The van der Waals surface area contributed by atoms with Gasteiger partial charge in [-0.05, 0) is 57.1 Å². The van der Waals surface area contributed by atoms with E-state index in [2.05, 4.69) is 15.8 Å². The number of nitrogens with zero attached hydrogens (tertiary/aromatic N) is 2. The lowest BCUT2D eigenvalue weighted by Gasteiger charge is -2.32. The van der Waals surface area contributed by atoms with Crippen molar-refractivity contribution in [3.8, 4) is 0 Å². The fourth-order valence-electron chi connectivity index (χ4n) is 4.44. The molecule has 0 atom stereocenters. The molecule has 0 aromatic heterocycles. The number of allylic oxidation sites excluding steroid dienone is 1. The maximum Gasteiger partial charge on any atom is 0.309 e. The fraction of sp³-hybridized carbons (Fsp3) is 0.522. The zero-order valence-corrected chi connectivity index (χ0v) is 18.9. The Morgan fingerprint density at radius 1 is 1.16 bits per heavy atom. The smallest absolute Gasteiger partial charge is 0.309 e. The molecule has 1 fully saturated rings. The second kappa shape index (κ2) is 9.85. The van der Waals surface area contributed by atoms with Crippen LogP contribution in [0.25, 0.3) is 0 Å². The number of fused-ring (bicyclic) bond motifs is 1. The van der Waals surface area contributed by atoms with Crippen molar-refractivity contribution in [2.24, 2.45) is 10.3 Å². The van der Waals surface area contributed by atoms with Crippen molar-refractivity contribution < 1.29 is 22.7 Å². The van der Waals surface area contributed by atoms with E-state index in [0.29, 0.717) is 43.9 Å². The summed E-state index contributed by atoms with van der Waals surface area (Å²) in [6.07, 6.45) is 8.83. The van der Waals surface area contributed by atoms with Crippen molar-refractivity contribution in [1.82, 2.24) is 10.2 Å². The van der Waals surface area contributed by atoms with Crippen molar-refractivity contribution in [1.29, 1.82) is 0 Å². The average Bonchev–Trinajstić information content (AvgIpc) is 3.09. The first kappa shape index (κ1) is 22.5. The Morgan fingerprint density at radius 2 is 1.94 bits per heavy atom. The first-order valence-corrected chi connectivity index (χ1v) is 12.7. The van der Waals surface area contributed by atoms with Gasteiger partial charge in [0.1, 0.15) is 4.90 Å². The van der Waals surface area contributed by atoms with E-state index in [1.165, 1.54) is 18.4 Å². The molecule has 1 aromatic rings. The van der Waals surface area contributed by atoms with E-state index in [4.69, 9.17) is 4.74 Å². The number of amidine groups is 1. The van der Waals surface area contributed by atoms with E-state index >= 15 is 0 Å². The summed E-state index contributed by atoms with van der Waals surface area (Å²) in [5.41, 5.74) is 2.00. The van der Waals surface area contributed by atoms with Crippen LogP contribution in [0.3, 0.4) is 0 Å². The van der Waals surface area contributed by atoms with E-state index in [9.17, 15) is 18.0 Å². The third-order valence-corrected chi connectivity index (χ3v) is 7.56. The summed E-state index contributed by atoms with van der Waals surface area (Å²) in [6.45, 7) is 1.30. The number of carbonyl (C=O) groups is 2. The highest BCUT2D eigenvalue weighted by Crippen LogP contribution is 2.30. The van der Waals surface area contributed by atoms with Crippen LogP contribution in [0.4, 0.5) is 0 Å². The topological polar surface area (TPSA) is 105 Å². The third-order valence-electron chi connectivity index (χ3n) is 6.24. The van der Waals surface area contributed by atoms with Gasteiger partial charge >= 0.3 is 5.97 Å². The van der Waals surface area contributed by atoms with Crippen LogP contribution in [0.2, 0.25) is 0 Å². The Hall–Kier alpha value is -2.68. The average molecular weight is 460 g/mol. The lowest BCUT2D eigenvalue weighted by atomic mass is 9.96. The molecule has 1 aromatic carbocycles. The summed E-state index contributed by atoms with van der Waals surface area (Å²) in [6, 6.07) is 6.78. The molecule has 1 aliphatic carbocycles. The quantitative estimate of drug-likeness (QED) is 0.517. The number of piperidine rings is 1. The number of likely N-dealkylation sites (tertiary alicyclic amines) is 1. The van der Waals surface area contributed by atoms with Gasteiger partial charge in [-0.3, -0.25) is 9.59 Å². The summed E-state index contributed by atoms with van der Waals surface area (Å²) in [5.74, 6) is -0.523. The molecular formula is C23H29N3O5S. The molecule has 32 heavy (non-hydrogen) atoms. The summed E-state index contributed by atoms with van der Waals surface area (Å²) in [4.78, 5) is 26.5. The van der Waals surface area contributed by atoms with Gasteiger partial charge in [-0.2, -0.15) is 8.42 Å². The van der Waals surface area contributed by atoms with Crippen molar-refractivity contribution in [3.63, 3.8) is 0 Å².